The lowest BCUT2D eigenvalue weighted by Gasteiger charge is -2.07. The van der Waals surface area contributed by atoms with Crippen LogP contribution in [-0.4, -0.2) is 19.5 Å². The highest BCUT2D eigenvalue weighted by Crippen LogP contribution is 2.36. The van der Waals surface area contributed by atoms with E-state index in [-0.39, 0.29) is 15.5 Å². The van der Waals surface area contributed by atoms with Crippen molar-refractivity contribution in [3.05, 3.63) is 71.4 Å². The zero-order valence-corrected chi connectivity index (χ0v) is 14.3. The molecule has 2 aromatic carbocycles. The summed E-state index contributed by atoms with van der Waals surface area (Å²) >= 11 is 0.914. The normalized spacial score (nSPS) is 11.2. The number of carboxylic acid groups (broad SMARTS) is 1. The van der Waals surface area contributed by atoms with E-state index >= 15 is 0 Å². The number of nitrogens with one attached hydrogen (secondary N) is 1. The molecule has 0 amide bonds. The predicted molar refractivity (Wildman–Crippen MR) is 93.9 cm³/mol. The van der Waals surface area contributed by atoms with Crippen molar-refractivity contribution < 1.29 is 22.7 Å². The molecule has 0 aliphatic rings. The molecule has 2 N–H and O–H groups in total. The first-order chi connectivity index (χ1) is 11.9. The molecule has 1 aromatic heterocycles. The molecule has 0 radical (unpaired) electrons. The molecule has 25 heavy (non-hydrogen) atoms. The number of anilines is 1. The highest BCUT2D eigenvalue weighted by atomic mass is 32.2. The Bertz CT molecular complexity index is 1010. The van der Waals surface area contributed by atoms with Gasteiger partial charge in [0.2, 0.25) is 0 Å². The Kier molecular flexibility index (Phi) is 4.56. The molecular formula is C17H12FNO4S2. The molecule has 0 unspecified atom stereocenters. The van der Waals surface area contributed by atoms with E-state index in [1.54, 1.807) is 18.2 Å². The summed E-state index contributed by atoms with van der Waals surface area (Å²) in [5.41, 5.74) is 0.569. The van der Waals surface area contributed by atoms with Crippen molar-refractivity contribution in [1.82, 2.24) is 0 Å². The van der Waals surface area contributed by atoms with Gasteiger partial charge in [0.15, 0.2) is 0 Å². The first kappa shape index (κ1) is 17.1. The molecule has 5 nitrogen and oxygen atoms in total. The standard InChI is InChI=1S/C17H12FNO4S2/c18-12-8-6-11(7-9-12)15-10-14(16(24-15)17(20)21)19-25(22,23)13-4-2-1-3-5-13/h1-10,19H,(H,20,21). The van der Waals surface area contributed by atoms with Crippen LogP contribution < -0.4 is 4.72 Å². The average Bonchev–Trinajstić information content (AvgIpc) is 2.99. The Labute approximate surface area is 147 Å². The highest BCUT2D eigenvalue weighted by molar-refractivity contribution is 7.92. The van der Waals surface area contributed by atoms with Gasteiger partial charge in [-0.3, -0.25) is 4.72 Å². The third-order valence-electron chi connectivity index (χ3n) is 3.35. The van der Waals surface area contributed by atoms with Crippen molar-refractivity contribution in [2.24, 2.45) is 0 Å². The van der Waals surface area contributed by atoms with Gasteiger partial charge in [-0.25, -0.2) is 17.6 Å². The largest absolute Gasteiger partial charge is 0.477 e. The van der Waals surface area contributed by atoms with E-state index in [9.17, 15) is 22.7 Å². The van der Waals surface area contributed by atoms with Crippen LogP contribution in [0.5, 0.6) is 0 Å². The van der Waals surface area contributed by atoms with Crippen molar-refractivity contribution in [2.75, 3.05) is 4.72 Å². The van der Waals surface area contributed by atoms with Crippen LogP contribution in [0.2, 0.25) is 0 Å². The number of rotatable bonds is 5. The number of carbonyl (C=O) groups is 1. The molecule has 3 rings (SSSR count). The Morgan fingerprint density at radius 3 is 2.28 bits per heavy atom. The molecule has 0 fully saturated rings. The maximum absolute atomic E-state index is 13.0. The van der Waals surface area contributed by atoms with Crippen LogP contribution in [0, 0.1) is 5.82 Å². The quantitative estimate of drug-likeness (QED) is 0.703. The van der Waals surface area contributed by atoms with Gasteiger partial charge in [0.25, 0.3) is 10.0 Å². The van der Waals surface area contributed by atoms with E-state index in [1.165, 1.54) is 42.5 Å². The number of halogens is 1. The predicted octanol–water partition coefficient (Wildman–Crippen LogP) is 4.05. The lowest BCUT2D eigenvalue weighted by molar-refractivity contribution is 0.0703. The summed E-state index contributed by atoms with van der Waals surface area (Å²) < 4.78 is 40.2. The average molecular weight is 377 g/mol. The number of benzene rings is 2. The molecule has 0 bridgehead atoms. The van der Waals surface area contributed by atoms with Crippen LogP contribution in [0.25, 0.3) is 10.4 Å². The molecule has 1 heterocycles. The van der Waals surface area contributed by atoms with Crippen molar-refractivity contribution in [3.8, 4) is 10.4 Å². The molecule has 0 saturated heterocycles. The topological polar surface area (TPSA) is 83.5 Å². The van der Waals surface area contributed by atoms with Crippen molar-refractivity contribution in [1.29, 1.82) is 0 Å². The second-order valence-electron chi connectivity index (χ2n) is 5.08. The summed E-state index contributed by atoms with van der Waals surface area (Å²) in [4.78, 5) is 11.9. The van der Waals surface area contributed by atoms with Crippen LogP contribution in [0.1, 0.15) is 9.67 Å². The number of hydrogen-bond donors (Lipinski definition) is 2. The van der Waals surface area contributed by atoms with Crippen LogP contribution >= 0.6 is 11.3 Å². The first-order valence-electron chi connectivity index (χ1n) is 7.08. The molecule has 0 aliphatic carbocycles. The molecular weight excluding hydrogens is 365 g/mol. The van der Waals surface area contributed by atoms with E-state index in [0.29, 0.717) is 10.4 Å². The summed E-state index contributed by atoms with van der Waals surface area (Å²) in [5, 5.41) is 9.35. The van der Waals surface area contributed by atoms with Gasteiger partial charge in [0.05, 0.1) is 10.6 Å². The van der Waals surface area contributed by atoms with Crippen molar-refractivity contribution in [2.45, 2.75) is 4.90 Å². The second kappa shape index (κ2) is 6.66. The van der Waals surface area contributed by atoms with Crippen molar-refractivity contribution >= 4 is 33.0 Å². The van der Waals surface area contributed by atoms with E-state index in [1.807, 2.05) is 0 Å². The van der Waals surface area contributed by atoms with Gasteiger partial charge >= 0.3 is 5.97 Å². The van der Waals surface area contributed by atoms with Crippen molar-refractivity contribution in [3.63, 3.8) is 0 Å². The van der Waals surface area contributed by atoms with Gasteiger partial charge in [-0.15, -0.1) is 11.3 Å². The Hall–Kier alpha value is -2.71. The molecule has 0 aliphatic heterocycles. The number of sulfonamides is 1. The molecule has 8 heteroatoms. The highest BCUT2D eigenvalue weighted by Gasteiger charge is 2.22. The number of aromatic carboxylic acids is 1. The monoisotopic (exact) mass is 377 g/mol. The smallest absolute Gasteiger partial charge is 0.348 e. The first-order valence-corrected chi connectivity index (χ1v) is 9.38. The maximum Gasteiger partial charge on any atom is 0.348 e. The molecule has 0 saturated carbocycles. The molecule has 128 valence electrons. The summed E-state index contributed by atoms with van der Waals surface area (Å²) in [7, 11) is -3.91. The molecule has 3 aromatic rings. The SMILES string of the molecule is O=C(O)c1sc(-c2ccc(F)cc2)cc1NS(=O)(=O)c1ccccc1. The van der Waals surface area contributed by atoms with E-state index in [0.717, 1.165) is 11.3 Å². The summed E-state index contributed by atoms with van der Waals surface area (Å²) in [6.07, 6.45) is 0. The minimum absolute atomic E-state index is 0.0271. The van der Waals surface area contributed by atoms with Crippen LogP contribution in [0.15, 0.2) is 65.6 Å². The van der Waals surface area contributed by atoms with E-state index in [4.69, 9.17) is 0 Å². The fourth-order valence-corrected chi connectivity index (χ4v) is 4.29. The van der Waals surface area contributed by atoms with Gasteiger partial charge in [0.1, 0.15) is 10.7 Å². The zero-order chi connectivity index (χ0) is 18.0. The Morgan fingerprint density at radius 2 is 1.68 bits per heavy atom. The summed E-state index contributed by atoms with van der Waals surface area (Å²) in [6, 6.07) is 14.6. The number of thiophene rings is 1. The van der Waals surface area contributed by atoms with Crippen LogP contribution in [-0.2, 0) is 10.0 Å². The van der Waals surface area contributed by atoms with Gasteiger partial charge in [-0.05, 0) is 35.9 Å². The Balaban J connectivity index is 2.01. The minimum atomic E-state index is -3.91. The van der Waals surface area contributed by atoms with Gasteiger partial charge < -0.3 is 5.11 Å². The molecule has 0 atom stereocenters. The second-order valence-corrected chi connectivity index (χ2v) is 7.82. The van der Waals surface area contributed by atoms with Crippen LogP contribution in [0.4, 0.5) is 10.1 Å². The summed E-state index contributed by atoms with van der Waals surface area (Å²) in [6.45, 7) is 0. The number of carboxylic acids is 1. The third-order valence-corrected chi connectivity index (χ3v) is 5.91. The van der Waals surface area contributed by atoms with Gasteiger partial charge in [0, 0.05) is 4.88 Å². The number of hydrogen-bond acceptors (Lipinski definition) is 4. The Morgan fingerprint density at radius 1 is 1.04 bits per heavy atom. The lowest BCUT2D eigenvalue weighted by atomic mass is 10.2. The fraction of sp³-hybridized carbons (Fsp3) is 0. The van der Waals surface area contributed by atoms with Gasteiger partial charge in [-0.1, -0.05) is 30.3 Å². The fourth-order valence-electron chi connectivity index (χ4n) is 2.19. The third kappa shape index (κ3) is 3.70. The maximum atomic E-state index is 13.0. The lowest BCUT2D eigenvalue weighted by Crippen LogP contribution is -2.14. The minimum Gasteiger partial charge on any atom is -0.477 e. The zero-order valence-electron chi connectivity index (χ0n) is 12.6. The summed E-state index contributed by atoms with van der Waals surface area (Å²) in [5.74, 6) is -1.66. The van der Waals surface area contributed by atoms with Crippen LogP contribution in [0.3, 0.4) is 0 Å². The van der Waals surface area contributed by atoms with E-state index < -0.39 is 21.8 Å². The van der Waals surface area contributed by atoms with Gasteiger partial charge in [-0.2, -0.15) is 0 Å². The molecule has 0 spiro atoms. The van der Waals surface area contributed by atoms with E-state index in [2.05, 4.69) is 4.72 Å².